The average Bonchev–Trinajstić information content (AvgIpc) is 2.04. The molecule has 0 saturated carbocycles. The van der Waals surface area contributed by atoms with Crippen LogP contribution in [0.2, 0.25) is 0 Å². The topological polar surface area (TPSA) is 96.7 Å². The van der Waals surface area contributed by atoms with Crippen molar-refractivity contribution in [1.29, 1.82) is 0 Å². The van der Waals surface area contributed by atoms with Crippen LogP contribution in [-0.4, -0.2) is 24.5 Å². The van der Waals surface area contributed by atoms with E-state index in [0.717, 1.165) is 6.20 Å². The van der Waals surface area contributed by atoms with Crippen LogP contribution >= 0.6 is 0 Å². The molecule has 6 nitrogen and oxygen atoms in total. The van der Waals surface area contributed by atoms with Crippen LogP contribution in [0.1, 0.15) is 10.4 Å². The molecule has 13 heavy (non-hydrogen) atoms. The van der Waals surface area contributed by atoms with E-state index in [4.69, 9.17) is 5.11 Å². The first-order chi connectivity index (χ1) is 6.09. The smallest absolute Gasteiger partial charge is 0.337 e. The highest BCUT2D eigenvalue weighted by molar-refractivity contribution is 7.61. The predicted molar refractivity (Wildman–Crippen MR) is 42.2 cm³/mol. The highest BCUT2D eigenvalue weighted by atomic mass is 32.2. The van der Waals surface area contributed by atoms with Crippen LogP contribution in [0.3, 0.4) is 0 Å². The van der Waals surface area contributed by atoms with Crippen molar-refractivity contribution in [3.63, 3.8) is 0 Å². The molecule has 0 aliphatic carbocycles. The van der Waals surface area contributed by atoms with Crippen LogP contribution < -0.4 is 0 Å². The van der Waals surface area contributed by atoms with E-state index in [1.54, 1.807) is 0 Å². The van der Waals surface area contributed by atoms with E-state index in [9.17, 15) is 13.2 Å². The largest absolute Gasteiger partial charge is 0.478 e. The van der Waals surface area contributed by atoms with Gasteiger partial charge in [-0.1, -0.05) is 0 Å². The maximum Gasteiger partial charge on any atom is 0.337 e. The van der Waals surface area contributed by atoms with Crippen LogP contribution in [0, 0.1) is 0 Å². The third-order valence-electron chi connectivity index (χ3n) is 1.16. The third kappa shape index (κ3) is 2.64. The molecule has 0 aromatic carbocycles. The molecule has 0 saturated heterocycles. The molecule has 0 radical (unpaired) electrons. The molecule has 0 atom stereocenters. The molecule has 1 N–H and O–H groups in total. The van der Waals surface area contributed by atoms with E-state index in [0.29, 0.717) is 0 Å². The molecule has 0 aliphatic rings. The maximum atomic E-state index is 10.3. The third-order valence-corrected chi connectivity index (χ3v) is 1.50. The van der Waals surface area contributed by atoms with Gasteiger partial charge in [-0.25, -0.2) is 9.78 Å². The van der Waals surface area contributed by atoms with Gasteiger partial charge in [0.2, 0.25) is 0 Å². The van der Waals surface area contributed by atoms with E-state index >= 15 is 0 Å². The van der Waals surface area contributed by atoms with Gasteiger partial charge < -0.3 is 5.11 Å². The van der Waals surface area contributed by atoms with Gasteiger partial charge in [-0.3, -0.25) is 0 Å². The zero-order chi connectivity index (χ0) is 9.84. The summed E-state index contributed by atoms with van der Waals surface area (Å²) in [6.07, 6.45) is 1.04. The lowest BCUT2D eigenvalue weighted by Gasteiger charge is -1.91. The van der Waals surface area contributed by atoms with E-state index in [1.165, 1.54) is 12.1 Å². The summed E-state index contributed by atoms with van der Waals surface area (Å²) in [5.41, 5.74) is -0.0179. The van der Waals surface area contributed by atoms with E-state index < -0.39 is 16.5 Å². The summed E-state index contributed by atoms with van der Waals surface area (Å²) >= 11 is 0. The van der Waals surface area contributed by atoms with Gasteiger partial charge in [0.1, 0.15) is 0 Å². The molecule has 0 bridgehead atoms. The van der Waals surface area contributed by atoms with Gasteiger partial charge in [0.25, 0.3) is 0 Å². The quantitative estimate of drug-likeness (QED) is 0.748. The Labute approximate surface area is 74.6 Å². The molecule has 0 unspecified atom stereocenters. The van der Waals surface area contributed by atoms with Crippen LogP contribution in [-0.2, 0) is 10.5 Å². The summed E-state index contributed by atoms with van der Waals surface area (Å²) in [6, 6.07) is 2.43. The summed E-state index contributed by atoms with van der Waals surface area (Å²) in [5.74, 6) is -1.17. The standard InChI is InChI=1S/C6H4N2O4S/c9-6(10)4-1-2-5(7-3-4)8-13(11)12/h1-3H,(H,9,10). The van der Waals surface area contributed by atoms with Crippen molar-refractivity contribution in [3.8, 4) is 0 Å². The molecule has 68 valence electrons. The molecular weight excluding hydrogens is 196 g/mol. The Kier molecular flexibility index (Phi) is 2.70. The summed E-state index contributed by atoms with van der Waals surface area (Å²) < 4.78 is 23.2. The fourth-order valence-electron chi connectivity index (χ4n) is 0.643. The number of nitrogens with zero attached hydrogens (tertiary/aromatic N) is 2. The number of aromatic nitrogens is 1. The summed E-state index contributed by atoms with van der Waals surface area (Å²) in [5, 5.41) is 8.47. The number of rotatable bonds is 2. The fourth-order valence-corrected chi connectivity index (χ4v) is 0.904. The second-order valence-electron chi connectivity index (χ2n) is 2.02. The Hall–Kier alpha value is -1.76. The minimum atomic E-state index is -2.57. The number of hydrogen-bond donors (Lipinski definition) is 1. The lowest BCUT2D eigenvalue weighted by Crippen LogP contribution is -1.95. The van der Waals surface area contributed by atoms with Gasteiger partial charge >= 0.3 is 16.5 Å². The van der Waals surface area contributed by atoms with Gasteiger partial charge in [0, 0.05) is 6.20 Å². The van der Waals surface area contributed by atoms with Crippen LogP contribution in [0.4, 0.5) is 5.82 Å². The minimum Gasteiger partial charge on any atom is -0.478 e. The second-order valence-corrected chi connectivity index (χ2v) is 2.64. The molecule has 1 aromatic heterocycles. The Balaban J connectivity index is 3.07. The molecule has 0 aliphatic heterocycles. The Morgan fingerprint density at radius 2 is 2.15 bits per heavy atom. The van der Waals surface area contributed by atoms with Crippen LogP contribution in [0.5, 0.6) is 0 Å². The summed E-state index contributed by atoms with van der Waals surface area (Å²) in [6.45, 7) is 0. The molecule has 1 rings (SSSR count). The van der Waals surface area contributed by atoms with Gasteiger partial charge in [-0.15, -0.1) is 4.36 Å². The number of carboxylic acid groups (broad SMARTS) is 1. The van der Waals surface area contributed by atoms with Crippen molar-refractivity contribution in [2.75, 3.05) is 0 Å². The van der Waals surface area contributed by atoms with Crippen LogP contribution in [0.15, 0.2) is 22.7 Å². The molecular formula is C6H4N2O4S. The lowest BCUT2D eigenvalue weighted by atomic mass is 10.3. The highest BCUT2D eigenvalue weighted by Gasteiger charge is 2.01. The van der Waals surface area contributed by atoms with Crippen molar-refractivity contribution < 1.29 is 18.3 Å². The van der Waals surface area contributed by atoms with Crippen molar-refractivity contribution in [2.24, 2.45) is 4.36 Å². The first-order valence-electron chi connectivity index (χ1n) is 3.10. The normalized spacial score (nSPS) is 9.23. The van der Waals surface area contributed by atoms with Crippen molar-refractivity contribution >= 4 is 22.3 Å². The van der Waals surface area contributed by atoms with Gasteiger partial charge in [-0.05, 0) is 12.1 Å². The van der Waals surface area contributed by atoms with Crippen molar-refractivity contribution in [1.82, 2.24) is 4.98 Å². The fraction of sp³-hybridized carbons (Fsp3) is 0. The van der Waals surface area contributed by atoms with Gasteiger partial charge in [-0.2, -0.15) is 8.42 Å². The molecule has 0 amide bonds. The molecule has 7 heteroatoms. The second kappa shape index (κ2) is 3.76. The number of hydrogen-bond acceptors (Lipinski definition) is 5. The first kappa shape index (κ1) is 9.33. The molecule has 0 spiro atoms. The summed E-state index contributed by atoms with van der Waals surface area (Å²) in [4.78, 5) is 13.8. The minimum absolute atomic E-state index is 0.0179. The summed E-state index contributed by atoms with van der Waals surface area (Å²) in [7, 11) is -2.57. The monoisotopic (exact) mass is 200 g/mol. The average molecular weight is 200 g/mol. The number of aromatic carboxylic acids is 1. The van der Waals surface area contributed by atoms with E-state index in [-0.39, 0.29) is 11.4 Å². The lowest BCUT2D eigenvalue weighted by molar-refractivity contribution is 0.0696. The highest BCUT2D eigenvalue weighted by Crippen LogP contribution is 2.07. The van der Waals surface area contributed by atoms with Crippen molar-refractivity contribution in [3.05, 3.63) is 23.9 Å². The predicted octanol–water partition coefficient (Wildman–Crippen LogP) is 0.474. The van der Waals surface area contributed by atoms with E-state index in [2.05, 4.69) is 9.35 Å². The van der Waals surface area contributed by atoms with Crippen LogP contribution in [0.25, 0.3) is 0 Å². The van der Waals surface area contributed by atoms with Gasteiger partial charge in [0.15, 0.2) is 5.82 Å². The Bertz CT molecular complexity index is 440. The zero-order valence-corrected chi connectivity index (χ0v) is 7.02. The zero-order valence-electron chi connectivity index (χ0n) is 6.21. The van der Waals surface area contributed by atoms with Crippen molar-refractivity contribution in [2.45, 2.75) is 0 Å². The molecule has 1 aromatic rings. The SMILES string of the molecule is O=C(O)c1ccc(N=S(=O)=O)nc1. The molecule has 1 heterocycles. The number of carboxylic acids is 1. The molecule has 0 fully saturated rings. The Morgan fingerprint density at radius 3 is 2.54 bits per heavy atom. The number of carbonyl (C=O) groups is 1. The number of pyridine rings is 1. The van der Waals surface area contributed by atoms with E-state index in [1.807, 2.05) is 0 Å². The maximum absolute atomic E-state index is 10.3. The van der Waals surface area contributed by atoms with Gasteiger partial charge in [0.05, 0.1) is 5.56 Å². The first-order valence-corrected chi connectivity index (χ1v) is 4.13. The Morgan fingerprint density at radius 1 is 1.46 bits per heavy atom.